The minimum atomic E-state index is -0.454. The van der Waals surface area contributed by atoms with Gasteiger partial charge in [0.2, 0.25) is 0 Å². The van der Waals surface area contributed by atoms with Crippen LogP contribution in [0.15, 0.2) is 42.5 Å². The summed E-state index contributed by atoms with van der Waals surface area (Å²) in [4.78, 5) is 12.0. The van der Waals surface area contributed by atoms with Gasteiger partial charge in [-0.2, -0.15) is 5.26 Å². The molecular weight excluding hydrogens is 304 g/mol. The van der Waals surface area contributed by atoms with Gasteiger partial charge >= 0.3 is 0 Å². The van der Waals surface area contributed by atoms with Crippen LogP contribution < -0.4 is 10.1 Å². The van der Waals surface area contributed by atoms with Crippen molar-refractivity contribution in [2.24, 2.45) is 0 Å². The van der Waals surface area contributed by atoms with Crippen molar-refractivity contribution in [1.82, 2.24) is 0 Å². The zero-order valence-corrected chi connectivity index (χ0v) is 13.2. The summed E-state index contributed by atoms with van der Waals surface area (Å²) in [5, 5.41) is 21.5. The Balaban J connectivity index is 1.62. The molecule has 2 aromatic carbocycles. The first-order chi connectivity index (χ1) is 11.7. The third-order valence-corrected chi connectivity index (χ3v) is 4.09. The van der Waals surface area contributed by atoms with Crippen LogP contribution in [0.2, 0.25) is 0 Å². The lowest BCUT2D eigenvalue weighted by molar-refractivity contribution is -0.118. The first kappa shape index (κ1) is 16.0. The Kier molecular flexibility index (Phi) is 4.78. The predicted octanol–water partition coefficient (Wildman–Crippen LogP) is 2.95. The van der Waals surface area contributed by atoms with Crippen molar-refractivity contribution < 1.29 is 14.6 Å². The average molecular weight is 322 g/mol. The molecule has 1 atom stereocenters. The second kappa shape index (κ2) is 7.16. The van der Waals surface area contributed by atoms with Gasteiger partial charge in [-0.15, -0.1) is 0 Å². The first-order valence-electron chi connectivity index (χ1n) is 7.90. The van der Waals surface area contributed by atoms with E-state index in [4.69, 9.17) is 10.00 Å². The molecule has 1 amide bonds. The summed E-state index contributed by atoms with van der Waals surface area (Å²) in [6.45, 7) is -0.105. The van der Waals surface area contributed by atoms with E-state index in [9.17, 15) is 9.90 Å². The van der Waals surface area contributed by atoms with E-state index in [0.29, 0.717) is 17.0 Å². The third-order valence-electron chi connectivity index (χ3n) is 4.09. The second-order valence-corrected chi connectivity index (χ2v) is 5.76. The van der Waals surface area contributed by atoms with Gasteiger partial charge in [-0.1, -0.05) is 12.1 Å². The zero-order chi connectivity index (χ0) is 16.9. The summed E-state index contributed by atoms with van der Waals surface area (Å²) < 4.78 is 5.66. The Morgan fingerprint density at radius 1 is 1.29 bits per heavy atom. The number of amides is 1. The van der Waals surface area contributed by atoms with E-state index in [-0.39, 0.29) is 12.5 Å². The van der Waals surface area contributed by atoms with Gasteiger partial charge in [0, 0.05) is 5.69 Å². The van der Waals surface area contributed by atoms with Crippen LogP contribution in [-0.2, 0) is 11.2 Å². The molecule has 1 aliphatic carbocycles. The Hall–Kier alpha value is -2.84. The van der Waals surface area contributed by atoms with Crippen LogP contribution in [-0.4, -0.2) is 17.6 Å². The van der Waals surface area contributed by atoms with Crippen LogP contribution in [0, 0.1) is 11.3 Å². The van der Waals surface area contributed by atoms with Crippen LogP contribution in [0.5, 0.6) is 5.75 Å². The molecule has 2 N–H and O–H groups in total. The van der Waals surface area contributed by atoms with Crippen LogP contribution >= 0.6 is 0 Å². The molecule has 0 bridgehead atoms. The number of hydrogen-bond acceptors (Lipinski definition) is 4. The molecule has 0 fully saturated rings. The van der Waals surface area contributed by atoms with E-state index < -0.39 is 6.10 Å². The van der Waals surface area contributed by atoms with Crippen molar-refractivity contribution in [3.63, 3.8) is 0 Å². The summed E-state index contributed by atoms with van der Waals surface area (Å²) >= 11 is 0. The monoisotopic (exact) mass is 322 g/mol. The number of carbonyl (C=O) groups excluding carboxylic acids is 1. The number of carbonyl (C=O) groups is 1. The molecule has 2 aromatic rings. The fraction of sp³-hybridized carbons (Fsp3) is 0.263. The number of nitriles is 1. The Morgan fingerprint density at radius 3 is 2.83 bits per heavy atom. The molecule has 1 aliphatic rings. The molecule has 0 aliphatic heterocycles. The molecule has 3 rings (SSSR count). The lowest BCUT2D eigenvalue weighted by atomic mass is 9.89. The smallest absolute Gasteiger partial charge is 0.262 e. The quantitative estimate of drug-likeness (QED) is 0.906. The molecule has 5 nitrogen and oxygen atoms in total. The van der Waals surface area contributed by atoms with Crippen molar-refractivity contribution in [2.45, 2.75) is 25.4 Å². The van der Waals surface area contributed by atoms with Crippen LogP contribution in [0.1, 0.15) is 35.6 Å². The number of ether oxygens (including phenoxy) is 1. The summed E-state index contributed by atoms with van der Waals surface area (Å²) in [5.74, 6) is 0.384. The molecule has 0 aromatic heterocycles. The number of rotatable bonds is 4. The molecule has 0 saturated carbocycles. The molecule has 0 heterocycles. The molecule has 24 heavy (non-hydrogen) atoms. The molecule has 0 radical (unpaired) electrons. The van der Waals surface area contributed by atoms with Gasteiger partial charge in [0.15, 0.2) is 6.61 Å². The van der Waals surface area contributed by atoms with E-state index in [0.717, 1.165) is 30.4 Å². The number of aliphatic hydroxyl groups is 1. The Labute approximate surface area is 140 Å². The topological polar surface area (TPSA) is 82.4 Å². The highest BCUT2D eigenvalue weighted by molar-refractivity contribution is 5.91. The highest BCUT2D eigenvalue weighted by atomic mass is 16.5. The molecule has 0 spiro atoms. The van der Waals surface area contributed by atoms with Crippen LogP contribution in [0.3, 0.4) is 0 Å². The molecule has 122 valence electrons. The molecule has 0 saturated heterocycles. The number of aliphatic hydroxyl groups excluding tert-OH is 1. The lowest BCUT2D eigenvalue weighted by Gasteiger charge is -2.23. The van der Waals surface area contributed by atoms with Gasteiger partial charge in [0.1, 0.15) is 5.75 Å². The first-order valence-corrected chi connectivity index (χ1v) is 7.90. The standard InChI is InChI=1S/C19H18N2O3/c20-11-13-7-9-14(10-8-13)21-19(23)12-24-18-6-2-3-15-16(18)4-1-5-17(15)22/h2-3,6-10,17,22H,1,4-5,12H2,(H,21,23). The van der Waals surface area contributed by atoms with Gasteiger partial charge in [-0.25, -0.2) is 0 Å². The number of hydrogen-bond donors (Lipinski definition) is 2. The minimum absolute atomic E-state index is 0.105. The number of nitrogens with zero attached hydrogens (tertiary/aromatic N) is 1. The maximum absolute atomic E-state index is 12.0. The minimum Gasteiger partial charge on any atom is -0.483 e. The summed E-state index contributed by atoms with van der Waals surface area (Å²) in [6, 6.07) is 14.2. The SMILES string of the molecule is N#Cc1ccc(NC(=O)COc2cccc3c2CCCC3O)cc1. The van der Waals surface area contributed by atoms with Gasteiger partial charge in [0.05, 0.1) is 17.7 Å². The summed E-state index contributed by atoms with van der Waals surface area (Å²) in [5.41, 5.74) is 3.04. The van der Waals surface area contributed by atoms with Crippen molar-refractivity contribution in [3.05, 3.63) is 59.2 Å². The molecular formula is C19H18N2O3. The predicted molar refractivity (Wildman–Crippen MR) is 89.6 cm³/mol. The number of benzene rings is 2. The Bertz CT molecular complexity index is 778. The van der Waals surface area contributed by atoms with E-state index in [1.165, 1.54) is 0 Å². The van der Waals surface area contributed by atoms with Crippen molar-refractivity contribution in [1.29, 1.82) is 5.26 Å². The molecule has 5 heteroatoms. The molecule has 1 unspecified atom stereocenters. The van der Waals surface area contributed by atoms with Crippen LogP contribution in [0.25, 0.3) is 0 Å². The third kappa shape index (κ3) is 3.55. The van der Waals surface area contributed by atoms with Gasteiger partial charge in [-0.3, -0.25) is 4.79 Å². The zero-order valence-electron chi connectivity index (χ0n) is 13.2. The van der Waals surface area contributed by atoms with Crippen LogP contribution in [0.4, 0.5) is 5.69 Å². The average Bonchev–Trinajstić information content (AvgIpc) is 2.61. The Morgan fingerprint density at radius 2 is 2.08 bits per heavy atom. The largest absolute Gasteiger partial charge is 0.483 e. The number of nitrogens with one attached hydrogen (secondary N) is 1. The number of fused-ring (bicyclic) bond motifs is 1. The van der Waals surface area contributed by atoms with E-state index in [1.807, 2.05) is 24.3 Å². The fourth-order valence-corrected chi connectivity index (χ4v) is 2.89. The normalized spacial score (nSPS) is 15.9. The van der Waals surface area contributed by atoms with Crippen molar-refractivity contribution >= 4 is 11.6 Å². The van der Waals surface area contributed by atoms with Gasteiger partial charge in [0.25, 0.3) is 5.91 Å². The maximum atomic E-state index is 12.0. The lowest BCUT2D eigenvalue weighted by Crippen LogP contribution is -2.21. The highest BCUT2D eigenvalue weighted by Crippen LogP contribution is 2.35. The summed E-state index contributed by atoms with van der Waals surface area (Å²) in [7, 11) is 0. The maximum Gasteiger partial charge on any atom is 0.262 e. The van der Waals surface area contributed by atoms with Crippen molar-refractivity contribution in [2.75, 3.05) is 11.9 Å². The van der Waals surface area contributed by atoms with Gasteiger partial charge < -0.3 is 15.2 Å². The number of anilines is 1. The summed E-state index contributed by atoms with van der Waals surface area (Å²) in [6.07, 6.45) is 2.06. The van der Waals surface area contributed by atoms with Crippen molar-refractivity contribution in [3.8, 4) is 11.8 Å². The second-order valence-electron chi connectivity index (χ2n) is 5.76. The van der Waals surface area contributed by atoms with E-state index >= 15 is 0 Å². The van der Waals surface area contributed by atoms with E-state index in [2.05, 4.69) is 5.32 Å². The van der Waals surface area contributed by atoms with Gasteiger partial charge in [-0.05, 0) is 60.7 Å². The highest BCUT2D eigenvalue weighted by Gasteiger charge is 2.21. The fourth-order valence-electron chi connectivity index (χ4n) is 2.89. The van der Waals surface area contributed by atoms with E-state index in [1.54, 1.807) is 24.3 Å².